The minimum absolute atomic E-state index is 0.00468. The summed E-state index contributed by atoms with van der Waals surface area (Å²) in [6.07, 6.45) is 9.03. The van der Waals surface area contributed by atoms with E-state index in [4.69, 9.17) is 4.42 Å². The van der Waals surface area contributed by atoms with Crippen LogP contribution < -0.4 is 5.32 Å². The fraction of sp³-hybridized carbons (Fsp3) is 0.500. The van der Waals surface area contributed by atoms with E-state index in [1.807, 2.05) is 6.07 Å². The quantitative estimate of drug-likeness (QED) is 0.822. The molecule has 1 aromatic rings. The first kappa shape index (κ1) is 11.5. The molecule has 96 valence electrons. The summed E-state index contributed by atoms with van der Waals surface area (Å²) in [6, 6.07) is 2.16. The van der Waals surface area contributed by atoms with Gasteiger partial charge in [-0.1, -0.05) is 0 Å². The molecule has 0 radical (unpaired) electrons. The molecule has 18 heavy (non-hydrogen) atoms. The summed E-state index contributed by atoms with van der Waals surface area (Å²) in [5, 5.41) is 3.11. The van der Waals surface area contributed by atoms with Crippen molar-refractivity contribution in [1.29, 1.82) is 0 Å². The van der Waals surface area contributed by atoms with E-state index in [2.05, 4.69) is 10.2 Å². The fourth-order valence-electron chi connectivity index (χ4n) is 2.90. The van der Waals surface area contributed by atoms with Gasteiger partial charge < -0.3 is 14.6 Å². The van der Waals surface area contributed by atoms with Gasteiger partial charge in [-0.25, -0.2) is 0 Å². The molecule has 1 unspecified atom stereocenters. The topological polar surface area (TPSA) is 45.5 Å². The number of furan rings is 1. The molecule has 0 spiro atoms. The molecule has 4 heteroatoms. The summed E-state index contributed by atoms with van der Waals surface area (Å²) in [4.78, 5) is 14.3. The molecule has 1 atom stereocenters. The number of rotatable bonds is 3. The molecule has 3 aliphatic rings. The zero-order valence-corrected chi connectivity index (χ0v) is 10.3. The molecule has 0 saturated carbocycles. The average molecular weight is 246 g/mol. The summed E-state index contributed by atoms with van der Waals surface area (Å²) in [6.45, 7) is 3.40. The van der Waals surface area contributed by atoms with Crippen LogP contribution in [0.4, 0.5) is 0 Å². The first-order chi connectivity index (χ1) is 8.81. The first-order valence-corrected chi connectivity index (χ1v) is 6.54. The number of nitrogens with zero attached hydrogens (tertiary/aromatic N) is 1. The van der Waals surface area contributed by atoms with Crippen molar-refractivity contribution in [3.8, 4) is 0 Å². The molecule has 3 saturated heterocycles. The lowest BCUT2D eigenvalue weighted by Crippen LogP contribution is -2.57. The van der Waals surface area contributed by atoms with E-state index >= 15 is 0 Å². The van der Waals surface area contributed by atoms with Gasteiger partial charge in [0.2, 0.25) is 5.91 Å². The molecule has 1 aromatic heterocycles. The summed E-state index contributed by atoms with van der Waals surface area (Å²) < 4.78 is 4.95. The Hall–Kier alpha value is -1.55. The van der Waals surface area contributed by atoms with Crippen molar-refractivity contribution >= 4 is 12.0 Å². The molecule has 4 nitrogen and oxygen atoms in total. The van der Waals surface area contributed by atoms with Crippen LogP contribution in [0.25, 0.3) is 6.08 Å². The highest BCUT2D eigenvalue weighted by atomic mass is 16.3. The maximum atomic E-state index is 11.8. The maximum absolute atomic E-state index is 11.8. The van der Waals surface area contributed by atoms with Crippen molar-refractivity contribution in [3.63, 3.8) is 0 Å². The molecule has 1 amide bonds. The molecule has 0 aromatic carbocycles. The third-order valence-electron chi connectivity index (χ3n) is 3.95. The Morgan fingerprint density at radius 1 is 1.44 bits per heavy atom. The van der Waals surface area contributed by atoms with Gasteiger partial charge in [0.1, 0.15) is 0 Å². The van der Waals surface area contributed by atoms with E-state index in [0.29, 0.717) is 12.0 Å². The fourth-order valence-corrected chi connectivity index (χ4v) is 2.90. The van der Waals surface area contributed by atoms with Crippen LogP contribution in [-0.4, -0.2) is 36.5 Å². The lowest BCUT2D eigenvalue weighted by atomic mass is 9.84. The second kappa shape index (κ2) is 4.98. The van der Waals surface area contributed by atoms with Crippen LogP contribution in [-0.2, 0) is 4.79 Å². The van der Waals surface area contributed by atoms with Crippen LogP contribution >= 0.6 is 0 Å². The number of nitrogens with one attached hydrogen (secondary N) is 1. The van der Waals surface area contributed by atoms with Gasteiger partial charge in [-0.3, -0.25) is 4.79 Å². The Morgan fingerprint density at radius 2 is 2.28 bits per heavy atom. The first-order valence-electron chi connectivity index (χ1n) is 6.54. The Kier molecular flexibility index (Phi) is 3.19. The van der Waals surface area contributed by atoms with Gasteiger partial charge in [-0.15, -0.1) is 0 Å². The van der Waals surface area contributed by atoms with Gasteiger partial charge in [0.05, 0.1) is 12.5 Å². The largest absolute Gasteiger partial charge is 0.472 e. The smallest absolute Gasteiger partial charge is 0.244 e. The molecular formula is C14H18N2O2. The third kappa shape index (κ3) is 2.48. The lowest BCUT2D eigenvalue weighted by molar-refractivity contribution is -0.118. The number of hydrogen-bond acceptors (Lipinski definition) is 3. The number of carbonyl (C=O) groups excluding carboxylic acids is 1. The molecule has 4 rings (SSSR count). The lowest BCUT2D eigenvalue weighted by Gasteiger charge is -2.44. The number of fused-ring (bicyclic) bond motifs is 3. The van der Waals surface area contributed by atoms with Crippen molar-refractivity contribution in [3.05, 3.63) is 30.2 Å². The SMILES string of the molecule is O=C(C=Cc1ccoc1)NC1CN2CCC1CC2. The van der Waals surface area contributed by atoms with E-state index < -0.39 is 0 Å². The normalized spacial score (nSPS) is 30.8. The van der Waals surface area contributed by atoms with Gasteiger partial charge in [0.15, 0.2) is 0 Å². The van der Waals surface area contributed by atoms with E-state index in [0.717, 1.165) is 12.1 Å². The minimum Gasteiger partial charge on any atom is -0.472 e. The summed E-state index contributed by atoms with van der Waals surface area (Å²) in [7, 11) is 0. The molecule has 3 aliphatic heterocycles. The molecule has 3 fully saturated rings. The highest BCUT2D eigenvalue weighted by molar-refractivity contribution is 5.91. The summed E-state index contributed by atoms with van der Waals surface area (Å²) in [5.74, 6) is 0.663. The summed E-state index contributed by atoms with van der Waals surface area (Å²) >= 11 is 0. The van der Waals surface area contributed by atoms with Gasteiger partial charge in [-0.05, 0) is 44.0 Å². The predicted molar refractivity (Wildman–Crippen MR) is 68.8 cm³/mol. The second-order valence-corrected chi connectivity index (χ2v) is 5.14. The number of piperidine rings is 3. The third-order valence-corrected chi connectivity index (χ3v) is 3.95. The number of amides is 1. The maximum Gasteiger partial charge on any atom is 0.244 e. The molecule has 0 aliphatic carbocycles. The zero-order chi connectivity index (χ0) is 12.4. The summed E-state index contributed by atoms with van der Waals surface area (Å²) in [5.41, 5.74) is 0.916. The van der Waals surface area contributed by atoms with E-state index in [9.17, 15) is 4.79 Å². The van der Waals surface area contributed by atoms with Crippen LogP contribution in [0.15, 0.2) is 29.1 Å². The monoisotopic (exact) mass is 246 g/mol. The minimum atomic E-state index is -0.00468. The zero-order valence-electron chi connectivity index (χ0n) is 10.3. The van der Waals surface area contributed by atoms with Gasteiger partial charge in [0.25, 0.3) is 0 Å². The van der Waals surface area contributed by atoms with Crippen molar-refractivity contribution < 1.29 is 9.21 Å². The highest BCUT2D eigenvalue weighted by Crippen LogP contribution is 2.27. The van der Waals surface area contributed by atoms with E-state index in [-0.39, 0.29) is 5.91 Å². The second-order valence-electron chi connectivity index (χ2n) is 5.14. The number of carbonyl (C=O) groups is 1. The van der Waals surface area contributed by atoms with Crippen LogP contribution in [0.3, 0.4) is 0 Å². The van der Waals surface area contributed by atoms with Crippen molar-refractivity contribution in [2.45, 2.75) is 18.9 Å². The van der Waals surface area contributed by atoms with Crippen molar-refractivity contribution in [2.24, 2.45) is 5.92 Å². The molecule has 1 N–H and O–H groups in total. The Balaban J connectivity index is 1.55. The standard InChI is InChI=1S/C14H18N2O2/c17-14(2-1-11-5-8-18-10-11)15-13-9-16-6-3-12(13)4-7-16/h1-2,5,8,10,12-13H,3-4,6-7,9H2,(H,15,17). The van der Waals surface area contributed by atoms with Crippen molar-refractivity contribution in [1.82, 2.24) is 10.2 Å². The van der Waals surface area contributed by atoms with E-state index in [1.54, 1.807) is 24.7 Å². The predicted octanol–water partition coefficient (Wildman–Crippen LogP) is 1.50. The van der Waals surface area contributed by atoms with Gasteiger partial charge >= 0.3 is 0 Å². The Labute approximate surface area is 107 Å². The van der Waals surface area contributed by atoms with Gasteiger partial charge in [0, 0.05) is 24.2 Å². The Morgan fingerprint density at radius 3 is 2.89 bits per heavy atom. The van der Waals surface area contributed by atoms with Crippen LogP contribution in [0.5, 0.6) is 0 Å². The van der Waals surface area contributed by atoms with Crippen LogP contribution in [0.1, 0.15) is 18.4 Å². The van der Waals surface area contributed by atoms with E-state index in [1.165, 1.54) is 25.9 Å². The average Bonchev–Trinajstić information content (AvgIpc) is 2.91. The number of hydrogen-bond donors (Lipinski definition) is 1. The van der Waals surface area contributed by atoms with Crippen molar-refractivity contribution in [2.75, 3.05) is 19.6 Å². The van der Waals surface area contributed by atoms with Gasteiger partial charge in [-0.2, -0.15) is 0 Å². The molecular weight excluding hydrogens is 228 g/mol. The molecule has 4 heterocycles. The van der Waals surface area contributed by atoms with Crippen LogP contribution in [0.2, 0.25) is 0 Å². The molecule has 2 bridgehead atoms. The highest BCUT2D eigenvalue weighted by Gasteiger charge is 2.34. The van der Waals surface area contributed by atoms with Crippen LogP contribution in [0, 0.1) is 5.92 Å². The Bertz CT molecular complexity index is 431.